The molecule has 0 radical (unpaired) electrons. The summed E-state index contributed by atoms with van der Waals surface area (Å²) in [6, 6.07) is 5.72. The molecule has 0 aromatic heterocycles. The molecular formula is C19H23FN2O2. The third-order valence-corrected chi connectivity index (χ3v) is 4.41. The van der Waals surface area contributed by atoms with E-state index in [1.807, 2.05) is 0 Å². The molecule has 2 amide bonds. The normalized spacial score (nSPS) is 20.6. The number of amides is 2. The van der Waals surface area contributed by atoms with E-state index < -0.39 is 17.8 Å². The standard InChI is InChI=1S/C19H23FN2O2/c1-4-12-22(13-5-2)19(24)15-10-11-17(23)21(3)18(15)14-8-6-7-9-16(14)20/h4-9,15,18H,1-2,10-13H2,3H3/t15-,18-/m0/s1. The predicted octanol–water partition coefficient (Wildman–Crippen LogP) is 2.94. The maximum absolute atomic E-state index is 14.3. The number of hydrogen-bond acceptors (Lipinski definition) is 2. The number of halogens is 1. The van der Waals surface area contributed by atoms with Gasteiger partial charge in [-0.1, -0.05) is 30.4 Å². The Hall–Kier alpha value is -2.43. The lowest BCUT2D eigenvalue weighted by Crippen LogP contribution is -2.48. The molecule has 1 heterocycles. The number of rotatable bonds is 6. The molecule has 1 aliphatic rings. The minimum atomic E-state index is -0.600. The first kappa shape index (κ1) is 17.9. The third kappa shape index (κ3) is 3.55. The van der Waals surface area contributed by atoms with Gasteiger partial charge in [0.05, 0.1) is 12.0 Å². The molecule has 128 valence electrons. The summed E-state index contributed by atoms with van der Waals surface area (Å²) < 4.78 is 14.3. The van der Waals surface area contributed by atoms with Gasteiger partial charge in [0.25, 0.3) is 0 Å². The summed E-state index contributed by atoms with van der Waals surface area (Å²) in [6.07, 6.45) is 3.99. The Morgan fingerprint density at radius 2 is 1.96 bits per heavy atom. The summed E-state index contributed by atoms with van der Waals surface area (Å²) in [5.41, 5.74) is 0.378. The number of hydrogen-bond donors (Lipinski definition) is 0. The maximum Gasteiger partial charge on any atom is 0.228 e. The van der Waals surface area contributed by atoms with Crippen LogP contribution in [0, 0.1) is 11.7 Å². The van der Waals surface area contributed by atoms with E-state index in [1.54, 1.807) is 42.3 Å². The van der Waals surface area contributed by atoms with Crippen LogP contribution in [0.2, 0.25) is 0 Å². The third-order valence-electron chi connectivity index (χ3n) is 4.41. The highest BCUT2D eigenvalue weighted by atomic mass is 19.1. The van der Waals surface area contributed by atoms with Crippen molar-refractivity contribution in [2.24, 2.45) is 5.92 Å². The zero-order valence-corrected chi connectivity index (χ0v) is 14.0. The summed E-state index contributed by atoms with van der Waals surface area (Å²) in [6.45, 7) is 8.14. The van der Waals surface area contributed by atoms with Crippen molar-refractivity contribution in [3.63, 3.8) is 0 Å². The average molecular weight is 330 g/mol. The number of likely N-dealkylation sites (tertiary alicyclic amines) is 1. The lowest BCUT2D eigenvalue weighted by molar-refractivity contribution is -0.146. The van der Waals surface area contributed by atoms with E-state index in [9.17, 15) is 14.0 Å². The van der Waals surface area contributed by atoms with Crippen LogP contribution in [0.4, 0.5) is 4.39 Å². The van der Waals surface area contributed by atoms with Crippen LogP contribution >= 0.6 is 0 Å². The molecule has 0 N–H and O–H groups in total. The molecule has 1 aromatic carbocycles. The van der Waals surface area contributed by atoms with E-state index in [2.05, 4.69) is 13.2 Å². The van der Waals surface area contributed by atoms with Crippen molar-refractivity contribution >= 4 is 11.8 Å². The largest absolute Gasteiger partial charge is 0.338 e. The van der Waals surface area contributed by atoms with Gasteiger partial charge >= 0.3 is 0 Å². The van der Waals surface area contributed by atoms with Gasteiger partial charge in [0.15, 0.2) is 0 Å². The van der Waals surface area contributed by atoms with Crippen LogP contribution in [0.15, 0.2) is 49.6 Å². The molecule has 0 aliphatic carbocycles. The van der Waals surface area contributed by atoms with E-state index in [1.165, 1.54) is 11.0 Å². The van der Waals surface area contributed by atoms with E-state index in [-0.39, 0.29) is 18.2 Å². The molecule has 2 atom stereocenters. The SMILES string of the molecule is C=CCN(CC=C)C(=O)[C@H]1CCC(=O)N(C)[C@H]1c1ccccc1F. The number of carbonyl (C=O) groups excluding carboxylic acids is 2. The number of carbonyl (C=O) groups is 2. The summed E-state index contributed by atoms with van der Waals surface area (Å²) in [4.78, 5) is 28.2. The quantitative estimate of drug-likeness (QED) is 0.753. The Kier molecular flexibility index (Phi) is 5.90. The Labute approximate surface area is 142 Å². The fourth-order valence-corrected chi connectivity index (χ4v) is 3.24. The number of benzene rings is 1. The smallest absolute Gasteiger partial charge is 0.228 e. The lowest BCUT2D eigenvalue weighted by atomic mass is 9.83. The van der Waals surface area contributed by atoms with Crippen molar-refractivity contribution in [3.8, 4) is 0 Å². The first-order chi connectivity index (χ1) is 11.5. The molecule has 4 nitrogen and oxygen atoms in total. The zero-order valence-electron chi connectivity index (χ0n) is 14.0. The fourth-order valence-electron chi connectivity index (χ4n) is 3.24. The topological polar surface area (TPSA) is 40.6 Å². The lowest BCUT2D eigenvalue weighted by Gasteiger charge is -2.40. The molecule has 1 aromatic rings. The summed E-state index contributed by atoms with van der Waals surface area (Å²) in [7, 11) is 1.63. The highest BCUT2D eigenvalue weighted by Crippen LogP contribution is 2.37. The molecule has 5 heteroatoms. The van der Waals surface area contributed by atoms with Gasteiger partial charge in [-0.25, -0.2) is 4.39 Å². The minimum absolute atomic E-state index is 0.0775. The Morgan fingerprint density at radius 3 is 2.54 bits per heavy atom. The van der Waals surface area contributed by atoms with Crippen molar-refractivity contribution in [3.05, 3.63) is 61.0 Å². The van der Waals surface area contributed by atoms with Gasteiger partial charge in [-0.3, -0.25) is 9.59 Å². The minimum Gasteiger partial charge on any atom is -0.338 e. The van der Waals surface area contributed by atoms with Gasteiger partial charge in [-0.05, 0) is 12.5 Å². The van der Waals surface area contributed by atoms with Crippen molar-refractivity contribution in [1.29, 1.82) is 0 Å². The van der Waals surface area contributed by atoms with Crippen LogP contribution in [0.1, 0.15) is 24.4 Å². The van der Waals surface area contributed by atoms with Gasteiger partial charge in [-0.15, -0.1) is 13.2 Å². The Balaban J connectivity index is 2.39. The maximum atomic E-state index is 14.3. The Morgan fingerprint density at radius 1 is 1.33 bits per heavy atom. The van der Waals surface area contributed by atoms with Crippen LogP contribution in [-0.2, 0) is 9.59 Å². The second kappa shape index (κ2) is 7.90. The van der Waals surface area contributed by atoms with Crippen molar-refractivity contribution in [2.75, 3.05) is 20.1 Å². The molecular weight excluding hydrogens is 307 g/mol. The molecule has 0 bridgehead atoms. The van der Waals surface area contributed by atoms with Crippen LogP contribution in [-0.4, -0.2) is 41.8 Å². The average Bonchev–Trinajstić information content (AvgIpc) is 2.57. The molecule has 1 saturated heterocycles. The van der Waals surface area contributed by atoms with Gasteiger partial charge in [-0.2, -0.15) is 0 Å². The second-order valence-electron chi connectivity index (χ2n) is 5.94. The van der Waals surface area contributed by atoms with E-state index >= 15 is 0 Å². The molecule has 1 fully saturated rings. The van der Waals surface area contributed by atoms with Crippen LogP contribution in [0.5, 0.6) is 0 Å². The fraction of sp³-hybridized carbons (Fsp3) is 0.368. The first-order valence-electron chi connectivity index (χ1n) is 8.02. The van der Waals surface area contributed by atoms with Crippen LogP contribution < -0.4 is 0 Å². The van der Waals surface area contributed by atoms with Crippen molar-refractivity contribution < 1.29 is 14.0 Å². The van der Waals surface area contributed by atoms with Gasteiger partial charge in [0.1, 0.15) is 5.82 Å². The summed E-state index contributed by atoms with van der Waals surface area (Å²) >= 11 is 0. The number of nitrogens with zero attached hydrogens (tertiary/aromatic N) is 2. The monoisotopic (exact) mass is 330 g/mol. The van der Waals surface area contributed by atoms with Gasteiger partial charge < -0.3 is 9.80 Å². The Bertz CT molecular complexity index is 634. The van der Waals surface area contributed by atoms with Gasteiger partial charge in [0, 0.05) is 32.1 Å². The molecule has 2 rings (SSSR count). The van der Waals surface area contributed by atoms with Crippen LogP contribution in [0.3, 0.4) is 0 Å². The highest BCUT2D eigenvalue weighted by Gasteiger charge is 2.41. The second-order valence-corrected chi connectivity index (χ2v) is 5.94. The molecule has 0 spiro atoms. The number of piperidine rings is 1. The predicted molar refractivity (Wildman–Crippen MR) is 91.6 cm³/mol. The summed E-state index contributed by atoms with van der Waals surface area (Å²) in [5, 5.41) is 0. The van der Waals surface area contributed by atoms with Gasteiger partial charge in [0.2, 0.25) is 11.8 Å². The van der Waals surface area contributed by atoms with E-state index in [0.29, 0.717) is 25.1 Å². The van der Waals surface area contributed by atoms with Crippen LogP contribution in [0.25, 0.3) is 0 Å². The molecule has 0 unspecified atom stereocenters. The molecule has 1 aliphatic heterocycles. The summed E-state index contributed by atoms with van der Waals surface area (Å²) in [5.74, 6) is -1.07. The van der Waals surface area contributed by atoms with E-state index in [4.69, 9.17) is 0 Å². The highest BCUT2D eigenvalue weighted by molar-refractivity contribution is 5.85. The van der Waals surface area contributed by atoms with E-state index in [0.717, 1.165) is 0 Å². The van der Waals surface area contributed by atoms with Crippen molar-refractivity contribution in [1.82, 2.24) is 9.80 Å². The molecule has 0 saturated carbocycles. The zero-order chi connectivity index (χ0) is 17.7. The van der Waals surface area contributed by atoms with Crippen molar-refractivity contribution in [2.45, 2.75) is 18.9 Å². The molecule has 24 heavy (non-hydrogen) atoms. The first-order valence-corrected chi connectivity index (χ1v) is 8.02.